The molecule has 0 aliphatic rings. The molecule has 0 bridgehead atoms. The zero-order chi connectivity index (χ0) is 12.9. The Morgan fingerprint density at radius 1 is 0.842 bits per heavy atom. The van der Waals surface area contributed by atoms with E-state index in [0.717, 1.165) is 24.4 Å². The van der Waals surface area contributed by atoms with Gasteiger partial charge in [-0.25, -0.2) is 4.68 Å². The molecule has 0 saturated carbocycles. The maximum Gasteiger partial charge on any atom is 0.182 e. The fourth-order valence-electron chi connectivity index (χ4n) is 2.03. The minimum absolute atomic E-state index is 0.779. The first-order valence-corrected chi connectivity index (χ1v) is 6.29. The number of rotatable bonds is 4. The molecule has 0 aliphatic heterocycles. The molecule has 0 N–H and O–H groups in total. The Bertz CT molecular complexity index is 632. The fourth-order valence-corrected chi connectivity index (χ4v) is 2.03. The van der Waals surface area contributed by atoms with Crippen LogP contribution in [-0.4, -0.2) is 20.2 Å². The maximum absolute atomic E-state index is 4.10. The van der Waals surface area contributed by atoms with E-state index in [9.17, 15) is 0 Å². The van der Waals surface area contributed by atoms with Crippen molar-refractivity contribution in [1.82, 2.24) is 20.2 Å². The molecule has 2 aromatic carbocycles. The molecule has 3 aromatic rings. The van der Waals surface area contributed by atoms with Crippen LogP contribution in [0.25, 0.3) is 11.4 Å². The molecular formula is C15H14N4. The first-order valence-electron chi connectivity index (χ1n) is 6.29. The highest BCUT2D eigenvalue weighted by Gasteiger charge is 2.07. The van der Waals surface area contributed by atoms with Crippen molar-refractivity contribution in [2.75, 3.05) is 0 Å². The van der Waals surface area contributed by atoms with Gasteiger partial charge in [-0.3, -0.25) is 0 Å². The van der Waals surface area contributed by atoms with Crippen LogP contribution in [0.4, 0.5) is 0 Å². The van der Waals surface area contributed by atoms with E-state index in [4.69, 9.17) is 0 Å². The lowest BCUT2D eigenvalue weighted by Gasteiger charge is -2.04. The largest absolute Gasteiger partial charge is 0.225 e. The minimum atomic E-state index is 0.779. The van der Waals surface area contributed by atoms with E-state index in [1.54, 1.807) is 0 Å². The van der Waals surface area contributed by atoms with Crippen molar-refractivity contribution in [3.63, 3.8) is 0 Å². The van der Waals surface area contributed by atoms with Crippen LogP contribution in [0.5, 0.6) is 0 Å². The topological polar surface area (TPSA) is 43.6 Å². The molecule has 0 fully saturated rings. The van der Waals surface area contributed by atoms with Gasteiger partial charge >= 0.3 is 0 Å². The first kappa shape index (κ1) is 11.6. The highest BCUT2D eigenvalue weighted by Crippen LogP contribution is 2.15. The lowest BCUT2D eigenvalue weighted by molar-refractivity contribution is 0.594. The average Bonchev–Trinajstić information content (AvgIpc) is 2.95. The summed E-state index contributed by atoms with van der Waals surface area (Å²) in [4.78, 5) is 0. The van der Waals surface area contributed by atoms with Crippen LogP contribution in [0, 0.1) is 0 Å². The molecule has 3 rings (SSSR count). The summed E-state index contributed by atoms with van der Waals surface area (Å²) in [5, 5.41) is 11.9. The van der Waals surface area contributed by atoms with Crippen molar-refractivity contribution in [2.24, 2.45) is 0 Å². The van der Waals surface area contributed by atoms with Crippen LogP contribution in [0.3, 0.4) is 0 Å². The monoisotopic (exact) mass is 250 g/mol. The van der Waals surface area contributed by atoms with Gasteiger partial charge in [0.1, 0.15) is 0 Å². The molecular weight excluding hydrogens is 236 g/mol. The summed E-state index contributed by atoms with van der Waals surface area (Å²) in [6.07, 6.45) is 0.922. The Morgan fingerprint density at radius 2 is 1.53 bits per heavy atom. The molecule has 0 amide bonds. The summed E-state index contributed by atoms with van der Waals surface area (Å²) < 4.78 is 1.85. The summed E-state index contributed by atoms with van der Waals surface area (Å²) in [5.41, 5.74) is 2.33. The summed E-state index contributed by atoms with van der Waals surface area (Å²) in [7, 11) is 0. The third-order valence-corrected chi connectivity index (χ3v) is 3.02. The second kappa shape index (κ2) is 5.44. The maximum atomic E-state index is 4.10. The predicted octanol–water partition coefficient (Wildman–Crippen LogP) is 2.58. The number of hydrogen-bond acceptors (Lipinski definition) is 3. The summed E-state index contributed by atoms with van der Waals surface area (Å²) in [6.45, 7) is 0.779. The van der Waals surface area contributed by atoms with Crippen molar-refractivity contribution in [3.8, 4) is 11.4 Å². The Hall–Kier alpha value is -2.49. The van der Waals surface area contributed by atoms with Crippen molar-refractivity contribution in [2.45, 2.75) is 13.0 Å². The van der Waals surface area contributed by atoms with E-state index in [0.29, 0.717) is 0 Å². The van der Waals surface area contributed by atoms with Gasteiger partial charge in [0.25, 0.3) is 0 Å². The van der Waals surface area contributed by atoms with Crippen LogP contribution in [0.15, 0.2) is 60.7 Å². The van der Waals surface area contributed by atoms with E-state index in [1.165, 1.54) is 5.56 Å². The van der Waals surface area contributed by atoms with Gasteiger partial charge in [-0.2, -0.15) is 0 Å². The zero-order valence-electron chi connectivity index (χ0n) is 10.5. The highest BCUT2D eigenvalue weighted by atomic mass is 15.5. The molecule has 0 radical (unpaired) electrons. The SMILES string of the molecule is c1ccc(CCn2nnnc2-c2ccccc2)cc1. The standard InChI is InChI=1S/C15H14N4/c1-3-7-13(8-4-1)11-12-19-15(16-17-18-19)14-9-5-2-6-10-14/h1-10H,11-12H2. The lowest BCUT2D eigenvalue weighted by Crippen LogP contribution is -2.05. The van der Waals surface area contributed by atoms with Crippen LogP contribution < -0.4 is 0 Å². The summed E-state index contributed by atoms with van der Waals surface area (Å²) in [5.74, 6) is 0.816. The molecule has 0 aliphatic carbocycles. The van der Waals surface area contributed by atoms with Gasteiger partial charge in [-0.1, -0.05) is 60.7 Å². The second-order valence-electron chi connectivity index (χ2n) is 4.33. The van der Waals surface area contributed by atoms with Gasteiger partial charge in [-0.15, -0.1) is 5.10 Å². The first-order chi connectivity index (χ1) is 9.43. The Morgan fingerprint density at radius 3 is 2.26 bits per heavy atom. The van der Waals surface area contributed by atoms with Crippen molar-refractivity contribution in [3.05, 3.63) is 66.2 Å². The van der Waals surface area contributed by atoms with Crippen LogP contribution >= 0.6 is 0 Å². The van der Waals surface area contributed by atoms with Gasteiger partial charge < -0.3 is 0 Å². The number of tetrazole rings is 1. The highest BCUT2D eigenvalue weighted by molar-refractivity contribution is 5.53. The fraction of sp³-hybridized carbons (Fsp3) is 0.133. The van der Waals surface area contributed by atoms with Crippen molar-refractivity contribution >= 4 is 0 Å². The third kappa shape index (κ3) is 2.68. The molecule has 1 heterocycles. The van der Waals surface area contributed by atoms with Gasteiger partial charge in [0.05, 0.1) is 0 Å². The molecule has 1 aromatic heterocycles. The average molecular weight is 250 g/mol. The molecule has 0 saturated heterocycles. The van der Waals surface area contributed by atoms with E-state index in [2.05, 4.69) is 27.7 Å². The molecule has 94 valence electrons. The normalized spacial score (nSPS) is 10.5. The van der Waals surface area contributed by atoms with E-state index in [1.807, 2.05) is 53.2 Å². The van der Waals surface area contributed by atoms with E-state index in [-0.39, 0.29) is 0 Å². The Balaban J connectivity index is 1.78. The molecule has 4 nitrogen and oxygen atoms in total. The van der Waals surface area contributed by atoms with Gasteiger partial charge in [0.15, 0.2) is 5.82 Å². The number of aromatic nitrogens is 4. The Kier molecular flexibility index (Phi) is 3.32. The molecule has 19 heavy (non-hydrogen) atoms. The van der Waals surface area contributed by atoms with Gasteiger partial charge in [0.2, 0.25) is 0 Å². The molecule has 0 spiro atoms. The zero-order valence-corrected chi connectivity index (χ0v) is 10.5. The van der Waals surface area contributed by atoms with Crippen LogP contribution in [0.1, 0.15) is 5.56 Å². The smallest absolute Gasteiger partial charge is 0.182 e. The molecule has 0 atom stereocenters. The van der Waals surface area contributed by atoms with E-state index >= 15 is 0 Å². The number of nitrogens with zero attached hydrogens (tertiary/aromatic N) is 4. The van der Waals surface area contributed by atoms with Crippen molar-refractivity contribution < 1.29 is 0 Å². The summed E-state index contributed by atoms with van der Waals surface area (Å²) in [6, 6.07) is 20.4. The number of hydrogen-bond donors (Lipinski definition) is 0. The lowest BCUT2D eigenvalue weighted by atomic mass is 10.1. The molecule has 0 unspecified atom stereocenters. The van der Waals surface area contributed by atoms with E-state index < -0.39 is 0 Å². The quantitative estimate of drug-likeness (QED) is 0.714. The second-order valence-corrected chi connectivity index (χ2v) is 4.33. The number of aryl methyl sites for hydroxylation is 2. The van der Waals surface area contributed by atoms with Crippen LogP contribution in [0.2, 0.25) is 0 Å². The summed E-state index contributed by atoms with van der Waals surface area (Å²) >= 11 is 0. The third-order valence-electron chi connectivity index (χ3n) is 3.02. The van der Waals surface area contributed by atoms with Crippen molar-refractivity contribution in [1.29, 1.82) is 0 Å². The Labute approximate surface area is 111 Å². The predicted molar refractivity (Wildman–Crippen MR) is 73.4 cm³/mol. The number of benzene rings is 2. The molecule has 4 heteroatoms. The van der Waals surface area contributed by atoms with Gasteiger partial charge in [-0.05, 0) is 22.4 Å². The van der Waals surface area contributed by atoms with Gasteiger partial charge in [0, 0.05) is 12.1 Å². The van der Waals surface area contributed by atoms with Crippen LogP contribution in [-0.2, 0) is 13.0 Å². The minimum Gasteiger partial charge on any atom is -0.225 e.